The summed E-state index contributed by atoms with van der Waals surface area (Å²) in [5.41, 5.74) is 1.83. The number of hydrogen-bond donors (Lipinski definition) is 2. The van der Waals surface area contributed by atoms with Crippen LogP contribution in [0.3, 0.4) is 0 Å². The SMILES string of the molecule is Fc1cc2cc[nH]c2cc1CCN1CCNCC1. The molecule has 96 valence electrons. The van der Waals surface area contributed by atoms with Crippen LogP contribution < -0.4 is 5.32 Å². The van der Waals surface area contributed by atoms with Crippen LogP contribution in [0, 0.1) is 5.82 Å². The fourth-order valence-electron chi connectivity index (χ4n) is 2.52. The van der Waals surface area contributed by atoms with Crippen LogP contribution in [0.25, 0.3) is 10.9 Å². The molecule has 2 aromatic rings. The molecule has 3 nitrogen and oxygen atoms in total. The lowest BCUT2D eigenvalue weighted by Gasteiger charge is -2.27. The maximum Gasteiger partial charge on any atom is 0.127 e. The number of hydrogen-bond acceptors (Lipinski definition) is 2. The van der Waals surface area contributed by atoms with Crippen molar-refractivity contribution in [1.82, 2.24) is 15.2 Å². The van der Waals surface area contributed by atoms with Gasteiger partial charge >= 0.3 is 0 Å². The summed E-state index contributed by atoms with van der Waals surface area (Å²) in [7, 11) is 0. The van der Waals surface area contributed by atoms with E-state index in [0.717, 1.165) is 55.6 Å². The summed E-state index contributed by atoms with van der Waals surface area (Å²) in [5.74, 6) is -0.0859. The van der Waals surface area contributed by atoms with E-state index in [1.54, 1.807) is 6.07 Å². The van der Waals surface area contributed by atoms with Crippen LogP contribution in [0.5, 0.6) is 0 Å². The van der Waals surface area contributed by atoms with Crippen LogP contribution in [0.1, 0.15) is 5.56 Å². The van der Waals surface area contributed by atoms with E-state index in [4.69, 9.17) is 0 Å². The maximum atomic E-state index is 13.9. The van der Waals surface area contributed by atoms with Gasteiger partial charge in [0.25, 0.3) is 0 Å². The lowest BCUT2D eigenvalue weighted by atomic mass is 10.1. The molecular weight excluding hydrogens is 229 g/mol. The Balaban J connectivity index is 1.71. The first kappa shape index (κ1) is 11.7. The van der Waals surface area contributed by atoms with Crippen molar-refractivity contribution in [3.05, 3.63) is 35.8 Å². The van der Waals surface area contributed by atoms with E-state index in [0.29, 0.717) is 0 Å². The van der Waals surface area contributed by atoms with Gasteiger partial charge in [0.2, 0.25) is 0 Å². The van der Waals surface area contributed by atoms with Gasteiger partial charge in [-0.15, -0.1) is 0 Å². The molecule has 0 amide bonds. The molecule has 1 aromatic carbocycles. The molecule has 1 aromatic heterocycles. The molecule has 1 saturated heterocycles. The maximum absolute atomic E-state index is 13.9. The summed E-state index contributed by atoms with van der Waals surface area (Å²) in [6.45, 7) is 5.14. The second-order valence-corrected chi connectivity index (χ2v) is 4.85. The fraction of sp³-hybridized carbons (Fsp3) is 0.429. The highest BCUT2D eigenvalue weighted by atomic mass is 19.1. The minimum Gasteiger partial charge on any atom is -0.361 e. The molecule has 2 heterocycles. The second-order valence-electron chi connectivity index (χ2n) is 4.85. The monoisotopic (exact) mass is 247 g/mol. The van der Waals surface area contributed by atoms with E-state index in [2.05, 4.69) is 15.2 Å². The number of halogens is 1. The predicted octanol–water partition coefficient (Wildman–Crippen LogP) is 1.75. The van der Waals surface area contributed by atoms with Crippen molar-refractivity contribution in [2.45, 2.75) is 6.42 Å². The van der Waals surface area contributed by atoms with E-state index in [9.17, 15) is 4.39 Å². The van der Waals surface area contributed by atoms with Gasteiger partial charge in [0.15, 0.2) is 0 Å². The smallest absolute Gasteiger partial charge is 0.127 e. The Morgan fingerprint density at radius 3 is 2.89 bits per heavy atom. The standard InChI is InChI=1S/C14H18FN3/c15-13-9-12-1-3-17-14(12)10-11(13)2-6-18-7-4-16-5-8-18/h1,3,9-10,16-17H,2,4-8H2. The molecule has 0 radical (unpaired) electrons. The second kappa shape index (κ2) is 5.08. The van der Waals surface area contributed by atoms with Gasteiger partial charge in [-0.1, -0.05) is 0 Å². The molecule has 0 spiro atoms. The lowest BCUT2D eigenvalue weighted by Crippen LogP contribution is -2.44. The Kier molecular flexibility index (Phi) is 3.30. The number of benzene rings is 1. The molecule has 2 N–H and O–H groups in total. The Bertz CT molecular complexity index is 529. The molecule has 18 heavy (non-hydrogen) atoms. The molecule has 1 aliphatic rings. The number of nitrogens with one attached hydrogen (secondary N) is 2. The Labute approximate surface area is 106 Å². The van der Waals surface area contributed by atoms with Gasteiger partial charge in [0.1, 0.15) is 5.82 Å². The normalized spacial score (nSPS) is 17.4. The zero-order valence-electron chi connectivity index (χ0n) is 10.4. The minimum atomic E-state index is -0.0859. The zero-order valence-corrected chi connectivity index (χ0v) is 10.4. The third-order valence-corrected chi connectivity index (χ3v) is 3.63. The third kappa shape index (κ3) is 2.40. The molecule has 3 rings (SSSR count). The van der Waals surface area contributed by atoms with E-state index in [1.807, 2.05) is 18.3 Å². The lowest BCUT2D eigenvalue weighted by molar-refractivity contribution is 0.243. The summed E-state index contributed by atoms with van der Waals surface area (Å²) in [6, 6.07) is 5.46. The first-order valence-corrected chi connectivity index (χ1v) is 6.51. The van der Waals surface area contributed by atoms with Crippen molar-refractivity contribution >= 4 is 10.9 Å². The number of fused-ring (bicyclic) bond motifs is 1. The molecule has 0 saturated carbocycles. The van der Waals surface area contributed by atoms with Crippen molar-refractivity contribution < 1.29 is 4.39 Å². The third-order valence-electron chi connectivity index (χ3n) is 3.63. The minimum absolute atomic E-state index is 0.0859. The highest BCUT2D eigenvalue weighted by molar-refractivity contribution is 5.80. The summed E-state index contributed by atoms with van der Waals surface area (Å²) in [6.07, 6.45) is 2.63. The highest BCUT2D eigenvalue weighted by Gasteiger charge is 2.11. The highest BCUT2D eigenvalue weighted by Crippen LogP contribution is 2.18. The number of rotatable bonds is 3. The molecule has 0 bridgehead atoms. The summed E-state index contributed by atoms with van der Waals surface area (Å²) in [4.78, 5) is 5.52. The topological polar surface area (TPSA) is 31.1 Å². The van der Waals surface area contributed by atoms with Gasteiger partial charge in [-0.2, -0.15) is 0 Å². The molecule has 0 unspecified atom stereocenters. The number of aromatic nitrogens is 1. The van der Waals surface area contributed by atoms with Crippen LogP contribution in [0.15, 0.2) is 24.4 Å². The van der Waals surface area contributed by atoms with E-state index in [-0.39, 0.29) is 5.82 Å². The average molecular weight is 247 g/mol. The van der Waals surface area contributed by atoms with E-state index < -0.39 is 0 Å². The van der Waals surface area contributed by atoms with Crippen molar-refractivity contribution in [3.63, 3.8) is 0 Å². The Hall–Kier alpha value is -1.39. The van der Waals surface area contributed by atoms with Gasteiger partial charge in [0, 0.05) is 49.8 Å². The van der Waals surface area contributed by atoms with Crippen molar-refractivity contribution in [2.24, 2.45) is 0 Å². The summed E-state index contributed by atoms with van der Waals surface area (Å²) in [5, 5.41) is 4.27. The molecule has 1 aliphatic heterocycles. The molecule has 1 fully saturated rings. The number of aromatic amines is 1. The first-order chi connectivity index (χ1) is 8.83. The van der Waals surface area contributed by atoms with Gasteiger partial charge in [0.05, 0.1) is 0 Å². The number of piperazine rings is 1. The Morgan fingerprint density at radius 1 is 1.22 bits per heavy atom. The molecule has 0 aliphatic carbocycles. The Morgan fingerprint density at radius 2 is 2.06 bits per heavy atom. The van der Waals surface area contributed by atoms with Gasteiger partial charge in [-0.25, -0.2) is 4.39 Å². The van der Waals surface area contributed by atoms with Crippen LogP contribution in [0.2, 0.25) is 0 Å². The van der Waals surface area contributed by atoms with Gasteiger partial charge in [-0.05, 0) is 30.2 Å². The molecular formula is C14H18FN3. The quantitative estimate of drug-likeness (QED) is 0.866. The molecule has 0 atom stereocenters. The van der Waals surface area contributed by atoms with Crippen molar-refractivity contribution in [2.75, 3.05) is 32.7 Å². The summed E-state index contributed by atoms with van der Waals surface area (Å²) >= 11 is 0. The van der Waals surface area contributed by atoms with Crippen molar-refractivity contribution in [3.8, 4) is 0 Å². The average Bonchev–Trinajstić information content (AvgIpc) is 2.84. The van der Waals surface area contributed by atoms with E-state index >= 15 is 0 Å². The van der Waals surface area contributed by atoms with Gasteiger partial charge in [-0.3, -0.25) is 0 Å². The van der Waals surface area contributed by atoms with Gasteiger partial charge < -0.3 is 15.2 Å². The first-order valence-electron chi connectivity index (χ1n) is 6.51. The summed E-state index contributed by atoms with van der Waals surface area (Å²) < 4.78 is 13.9. The fourth-order valence-corrected chi connectivity index (χ4v) is 2.52. The number of H-pyrrole nitrogens is 1. The van der Waals surface area contributed by atoms with E-state index in [1.165, 1.54) is 0 Å². The molecule has 4 heteroatoms. The van der Waals surface area contributed by atoms with Crippen LogP contribution >= 0.6 is 0 Å². The van der Waals surface area contributed by atoms with Crippen LogP contribution in [0.4, 0.5) is 4.39 Å². The zero-order chi connectivity index (χ0) is 12.4. The largest absolute Gasteiger partial charge is 0.361 e. The van der Waals surface area contributed by atoms with Crippen LogP contribution in [-0.4, -0.2) is 42.6 Å². The van der Waals surface area contributed by atoms with Crippen molar-refractivity contribution in [1.29, 1.82) is 0 Å². The van der Waals surface area contributed by atoms with Crippen LogP contribution in [-0.2, 0) is 6.42 Å². The predicted molar refractivity (Wildman–Crippen MR) is 71.3 cm³/mol. The number of nitrogens with zero attached hydrogens (tertiary/aromatic N) is 1.